The summed E-state index contributed by atoms with van der Waals surface area (Å²) in [6.07, 6.45) is 4.30. The van der Waals surface area contributed by atoms with Gasteiger partial charge in [-0.15, -0.1) is 11.3 Å². The van der Waals surface area contributed by atoms with Gasteiger partial charge in [0.2, 0.25) is 0 Å². The number of hydrogen-bond acceptors (Lipinski definition) is 6. The molecule has 0 aliphatic heterocycles. The van der Waals surface area contributed by atoms with Crippen LogP contribution in [0.3, 0.4) is 0 Å². The van der Waals surface area contributed by atoms with E-state index in [0.717, 1.165) is 44.2 Å². The molecule has 0 amide bonds. The van der Waals surface area contributed by atoms with Gasteiger partial charge in [0.1, 0.15) is 12.4 Å². The van der Waals surface area contributed by atoms with Crippen LogP contribution in [0, 0.1) is 5.92 Å². The van der Waals surface area contributed by atoms with Gasteiger partial charge in [0.05, 0.1) is 25.0 Å². The Balaban J connectivity index is 1.53. The Morgan fingerprint density at radius 3 is 2.75 bits per heavy atom. The Morgan fingerprint density at radius 1 is 1.19 bits per heavy atom. The SMILES string of the molecule is CC=C(C(=O)OC)c1sc2ccccc2c1CON=C(C)c1cccc(OCC2CC2)c1. The molecule has 1 fully saturated rings. The highest BCUT2D eigenvalue weighted by Crippen LogP contribution is 2.37. The van der Waals surface area contributed by atoms with E-state index in [2.05, 4.69) is 5.16 Å². The molecular weight excluding hydrogens is 422 g/mol. The lowest BCUT2D eigenvalue weighted by molar-refractivity contribution is -0.133. The average Bonchev–Trinajstić information content (AvgIpc) is 3.59. The van der Waals surface area contributed by atoms with E-state index < -0.39 is 0 Å². The van der Waals surface area contributed by atoms with Crippen LogP contribution in [-0.2, 0) is 21.0 Å². The van der Waals surface area contributed by atoms with Crippen LogP contribution < -0.4 is 4.74 Å². The van der Waals surface area contributed by atoms with E-state index in [1.54, 1.807) is 17.4 Å². The maximum Gasteiger partial charge on any atom is 0.338 e. The van der Waals surface area contributed by atoms with Crippen LogP contribution in [0.15, 0.2) is 59.8 Å². The first kappa shape index (κ1) is 22.1. The maximum absolute atomic E-state index is 12.3. The predicted molar refractivity (Wildman–Crippen MR) is 129 cm³/mol. The molecule has 1 aliphatic rings. The summed E-state index contributed by atoms with van der Waals surface area (Å²) < 4.78 is 11.9. The van der Waals surface area contributed by atoms with Gasteiger partial charge >= 0.3 is 5.97 Å². The van der Waals surface area contributed by atoms with Gasteiger partial charge in [-0.1, -0.05) is 41.6 Å². The molecule has 1 saturated carbocycles. The fourth-order valence-electron chi connectivity index (χ4n) is 3.47. The van der Waals surface area contributed by atoms with Crippen molar-refractivity contribution in [3.63, 3.8) is 0 Å². The summed E-state index contributed by atoms with van der Waals surface area (Å²) in [5, 5.41) is 5.40. The topological polar surface area (TPSA) is 57.1 Å². The Labute approximate surface area is 192 Å². The lowest BCUT2D eigenvalue weighted by atomic mass is 10.1. The highest BCUT2D eigenvalue weighted by Gasteiger charge is 2.22. The predicted octanol–water partition coefficient (Wildman–Crippen LogP) is 6.21. The Kier molecular flexibility index (Phi) is 6.90. The van der Waals surface area contributed by atoms with Crippen molar-refractivity contribution in [2.75, 3.05) is 13.7 Å². The van der Waals surface area contributed by atoms with Crippen molar-refractivity contribution in [2.45, 2.75) is 33.3 Å². The molecule has 3 aromatic rings. The van der Waals surface area contributed by atoms with Crippen LogP contribution in [0.4, 0.5) is 0 Å². The number of ether oxygens (including phenoxy) is 2. The Bertz CT molecular complexity index is 1170. The molecule has 1 aromatic heterocycles. The largest absolute Gasteiger partial charge is 0.493 e. The summed E-state index contributed by atoms with van der Waals surface area (Å²) in [6, 6.07) is 16.0. The van der Waals surface area contributed by atoms with Crippen molar-refractivity contribution in [1.29, 1.82) is 0 Å². The number of methoxy groups -OCH3 is 1. The second-order valence-corrected chi connectivity index (χ2v) is 8.88. The Hall–Kier alpha value is -3.12. The monoisotopic (exact) mass is 449 g/mol. The van der Waals surface area contributed by atoms with E-state index in [1.807, 2.05) is 62.4 Å². The lowest BCUT2D eigenvalue weighted by Crippen LogP contribution is -2.05. The molecule has 1 aliphatic carbocycles. The van der Waals surface area contributed by atoms with E-state index in [-0.39, 0.29) is 12.6 Å². The first-order valence-corrected chi connectivity index (χ1v) is 11.6. The number of oxime groups is 1. The highest BCUT2D eigenvalue weighted by molar-refractivity contribution is 7.20. The summed E-state index contributed by atoms with van der Waals surface area (Å²) in [4.78, 5) is 18.9. The number of allylic oxidation sites excluding steroid dienone is 1. The number of rotatable bonds is 9. The molecule has 1 heterocycles. The molecule has 6 heteroatoms. The third-order valence-electron chi connectivity index (χ3n) is 5.48. The zero-order chi connectivity index (χ0) is 22.5. The molecule has 32 heavy (non-hydrogen) atoms. The van der Waals surface area contributed by atoms with E-state index in [9.17, 15) is 4.79 Å². The molecule has 0 radical (unpaired) electrons. The molecule has 4 rings (SSSR count). The summed E-state index contributed by atoms with van der Waals surface area (Å²) in [5.74, 6) is 1.20. The number of carbonyl (C=O) groups is 1. The van der Waals surface area contributed by atoms with Gasteiger partial charge in [0.15, 0.2) is 0 Å². The second-order valence-electron chi connectivity index (χ2n) is 7.83. The molecule has 0 saturated heterocycles. The fourth-order valence-corrected chi connectivity index (χ4v) is 4.74. The molecular formula is C26H27NO4S. The quantitative estimate of drug-likeness (QED) is 0.169. The standard InChI is InChI=1S/C26H27NO4S/c1-4-21(26(28)29-3)25-23(22-10-5-6-11-24(22)32-25)16-31-27-17(2)19-8-7-9-20(14-19)30-15-18-12-13-18/h4-11,14,18H,12-13,15-16H2,1-3H3. The minimum Gasteiger partial charge on any atom is -0.493 e. The minimum atomic E-state index is -0.358. The van der Waals surface area contributed by atoms with Gasteiger partial charge < -0.3 is 14.3 Å². The fraction of sp³-hybridized carbons (Fsp3) is 0.308. The number of benzene rings is 2. The van der Waals surface area contributed by atoms with Crippen molar-refractivity contribution in [1.82, 2.24) is 0 Å². The van der Waals surface area contributed by atoms with E-state index in [4.69, 9.17) is 14.3 Å². The smallest absolute Gasteiger partial charge is 0.338 e. The second kappa shape index (κ2) is 10.0. The van der Waals surface area contributed by atoms with Crippen LogP contribution in [0.2, 0.25) is 0 Å². The molecule has 0 unspecified atom stereocenters. The molecule has 166 valence electrons. The third-order valence-corrected chi connectivity index (χ3v) is 6.73. The molecule has 0 atom stereocenters. The molecule has 0 bridgehead atoms. The number of esters is 1. The first-order chi connectivity index (χ1) is 15.6. The minimum absolute atomic E-state index is 0.253. The molecule has 2 aromatic carbocycles. The van der Waals surface area contributed by atoms with Crippen molar-refractivity contribution in [3.05, 3.63) is 70.6 Å². The number of thiophene rings is 1. The van der Waals surface area contributed by atoms with Crippen molar-refractivity contribution in [3.8, 4) is 5.75 Å². The van der Waals surface area contributed by atoms with E-state index in [0.29, 0.717) is 11.5 Å². The normalized spacial score (nSPS) is 14.5. The Morgan fingerprint density at radius 2 is 2.00 bits per heavy atom. The van der Waals surface area contributed by atoms with E-state index >= 15 is 0 Å². The zero-order valence-corrected chi connectivity index (χ0v) is 19.4. The van der Waals surface area contributed by atoms with Gasteiger partial charge in [-0.25, -0.2) is 4.79 Å². The number of carbonyl (C=O) groups excluding carboxylic acids is 1. The highest BCUT2D eigenvalue weighted by atomic mass is 32.1. The van der Waals surface area contributed by atoms with Gasteiger partial charge in [0.25, 0.3) is 0 Å². The van der Waals surface area contributed by atoms with Crippen LogP contribution in [0.5, 0.6) is 5.75 Å². The van der Waals surface area contributed by atoms with Gasteiger partial charge in [0, 0.05) is 20.7 Å². The van der Waals surface area contributed by atoms with Gasteiger partial charge in [-0.3, -0.25) is 0 Å². The maximum atomic E-state index is 12.3. The van der Waals surface area contributed by atoms with E-state index in [1.165, 1.54) is 20.0 Å². The zero-order valence-electron chi connectivity index (χ0n) is 18.6. The van der Waals surface area contributed by atoms with Crippen LogP contribution >= 0.6 is 11.3 Å². The average molecular weight is 450 g/mol. The summed E-state index contributed by atoms with van der Waals surface area (Å²) in [7, 11) is 1.39. The molecule has 5 nitrogen and oxygen atoms in total. The number of nitrogens with zero attached hydrogens (tertiary/aromatic N) is 1. The van der Waals surface area contributed by atoms with Crippen LogP contribution in [-0.4, -0.2) is 25.4 Å². The summed E-state index contributed by atoms with van der Waals surface area (Å²) in [5.41, 5.74) is 3.19. The van der Waals surface area contributed by atoms with Crippen LogP contribution in [0.25, 0.3) is 15.7 Å². The number of fused-ring (bicyclic) bond motifs is 1. The van der Waals surface area contributed by atoms with Gasteiger partial charge in [-0.05, 0) is 56.2 Å². The van der Waals surface area contributed by atoms with Crippen LogP contribution in [0.1, 0.15) is 42.7 Å². The lowest BCUT2D eigenvalue weighted by Gasteiger charge is -2.09. The van der Waals surface area contributed by atoms with Crippen molar-refractivity contribution < 1.29 is 19.1 Å². The number of hydrogen-bond donors (Lipinski definition) is 0. The summed E-state index contributed by atoms with van der Waals surface area (Å²) >= 11 is 1.56. The molecule has 0 N–H and O–H groups in total. The first-order valence-electron chi connectivity index (χ1n) is 10.8. The summed E-state index contributed by atoms with van der Waals surface area (Å²) in [6.45, 7) is 4.78. The van der Waals surface area contributed by atoms with Gasteiger partial charge in [-0.2, -0.15) is 0 Å². The molecule has 0 spiro atoms. The van der Waals surface area contributed by atoms with Crippen molar-refractivity contribution in [2.24, 2.45) is 11.1 Å². The van der Waals surface area contributed by atoms with Crippen molar-refractivity contribution >= 4 is 38.7 Å². The third kappa shape index (κ3) is 5.02.